The number of hydrogen-bond acceptors (Lipinski definition) is 8. The van der Waals surface area contributed by atoms with Gasteiger partial charge in [0, 0.05) is 30.3 Å². The summed E-state index contributed by atoms with van der Waals surface area (Å²) in [4.78, 5) is 16.4. The van der Waals surface area contributed by atoms with Crippen LogP contribution < -0.4 is 14.8 Å². The fraction of sp³-hybridized carbons (Fsp3) is 0.217. The Morgan fingerprint density at radius 2 is 2.09 bits per heavy atom. The highest BCUT2D eigenvalue weighted by Crippen LogP contribution is 2.39. The summed E-state index contributed by atoms with van der Waals surface area (Å²) in [5.41, 5.74) is 1.55. The van der Waals surface area contributed by atoms with Crippen molar-refractivity contribution in [2.24, 2.45) is 0 Å². The molecule has 1 atom stereocenters. The molecule has 4 aromatic rings. The first-order chi connectivity index (χ1) is 16.4. The predicted molar refractivity (Wildman–Crippen MR) is 118 cm³/mol. The molecule has 1 aliphatic rings. The van der Waals surface area contributed by atoms with Gasteiger partial charge in [-0.1, -0.05) is 11.6 Å². The zero-order valence-electron chi connectivity index (χ0n) is 17.9. The zero-order valence-corrected chi connectivity index (χ0v) is 18.6. The second kappa shape index (κ2) is 8.79. The zero-order chi connectivity index (χ0) is 23.7. The number of halogens is 2. The lowest BCUT2D eigenvalue weighted by Gasteiger charge is -2.33. The minimum absolute atomic E-state index is 0.0150. The van der Waals surface area contributed by atoms with Crippen molar-refractivity contribution >= 4 is 28.6 Å². The van der Waals surface area contributed by atoms with Gasteiger partial charge >= 0.3 is 0 Å². The Morgan fingerprint density at radius 3 is 2.91 bits per heavy atom. The lowest BCUT2D eigenvalue weighted by molar-refractivity contribution is -0.122. The first-order valence-corrected chi connectivity index (χ1v) is 10.6. The summed E-state index contributed by atoms with van der Waals surface area (Å²) in [5, 5.41) is 10.9. The Balaban J connectivity index is 1.13. The third kappa shape index (κ3) is 4.58. The van der Waals surface area contributed by atoms with Gasteiger partial charge in [-0.3, -0.25) is 4.79 Å². The predicted octanol–water partition coefficient (Wildman–Crippen LogP) is 4.32. The summed E-state index contributed by atoms with van der Waals surface area (Å²) < 4.78 is 35.5. The van der Waals surface area contributed by atoms with Crippen molar-refractivity contribution in [1.82, 2.24) is 20.5 Å². The first-order valence-electron chi connectivity index (χ1n) is 10.3. The maximum atomic E-state index is 13.4. The van der Waals surface area contributed by atoms with Crippen molar-refractivity contribution in [2.45, 2.75) is 25.4 Å². The van der Waals surface area contributed by atoms with Crippen molar-refractivity contribution in [1.29, 1.82) is 0 Å². The van der Waals surface area contributed by atoms with E-state index >= 15 is 0 Å². The van der Waals surface area contributed by atoms with E-state index in [0.29, 0.717) is 35.2 Å². The van der Waals surface area contributed by atoms with Crippen molar-refractivity contribution in [3.05, 3.63) is 77.2 Å². The minimum Gasteiger partial charge on any atom is -0.484 e. The Bertz CT molecular complexity index is 1400. The molecule has 174 valence electrons. The number of nitrogens with zero attached hydrogens (tertiary/aromatic N) is 3. The third-order valence-corrected chi connectivity index (χ3v) is 5.51. The molecule has 0 saturated carbocycles. The maximum Gasteiger partial charge on any atom is 0.262 e. The molecule has 0 bridgehead atoms. The monoisotopic (exact) mass is 484 g/mol. The molecule has 0 spiro atoms. The van der Waals surface area contributed by atoms with Gasteiger partial charge in [-0.05, 0) is 25.1 Å². The van der Waals surface area contributed by atoms with E-state index in [4.69, 9.17) is 29.9 Å². The van der Waals surface area contributed by atoms with Gasteiger partial charge in [-0.25, -0.2) is 9.37 Å². The van der Waals surface area contributed by atoms with Crippen LogP contribution in [-0.4, -0.2) is 27.7 Å². The molecular formula is C23H18ClFN4O5. The number of rotatable bonds is 8. The van der Waals surface area contributed by atoms with E-state index in [1.165, 1.54) is 12.1 Å². The van der Waals surface area contributed by atoms with Crippen LogP contribution in [0.15, 0.2) is 63.4 Å². The fourth-order valence-electron chi connectivity index (χ4n) is 3.49. The van der Waals surface area contributed by atoms with E-state index < -0.39 is 11.2 Å². The van der Waals surface area contributed by atoms with Gasteiger partial charge in [0.1, 0.15) is 22.8 Å². The standard InChI is InChI=1S/C23H18ClFN4O5/c1-23(8-13(9-23)27-20(30)11-32-14-2-3-16(24)17(25)6-14)22-29-28-21(34-22)12-33-15-7-19-18(26-10-15)4-5-31-19/h2-8,10H,9,11-12H2,1H3,(H,27,30). The molecule has 1 aliphatic carbocycles. The molecule has 34 heavy (non-hydrogen) atoms. The average Bonchev–Trinajstić information content (AvgIpc) is 3.46. The molecule has 1 amide bonds. The van der Waals surface area contributed by atoms with Crippen LogP contribution in [0.4, 0.5) is 4.39 Å². The second-order valence-corrected chi connectivity index (χ2v) is 8.35. The topological polar surface area (TPSA) is 113 Å². The van der Waals surface area contributed by atoms with Crippen molar-refractivity contribution < 1.29 is 27.5 Å². The van der Waals surface area contributed by atoms with E-state index in [9.17, 15) is 9.18 Å². The molecule has 1 unspecified atom stereocenters. The molecule has 3 heterocycles. The van der Waals surface area contributed by atoms with E-state index in [-0.39, 0.29) is 29.9 Å². The highest BCUT2D eigenvalue weighted by atomic mass is 35.5. The Morgan fingerprint density at radius 1 is 1.24 bits per heavy atom. The lowest BCUT2D eigenvalue weighted by atomic mass is 9.75. The van der Waals surface area contributed by atoms with Gasteiger partial charge in [0.05, 0.1) is 22.9 Å². The largest absolute Gasteiger partial charge is 0.484 e. The number of pyridine rings is 1. The van der Waals surface area contributed by atoms with Crippen LogP contribution >= 0.6 is 11.6 Å². The average molecular weight is 485 g/mol. The summed E-state index contributed by atoms with van der Waals surface area (Å²) in [7, 11) is 0. The summed E-state index contributed by atoms with van der Waals surface area (Å²) in [6.45, 7) is 1.73. The number of fused-ring (bicyclic) bond motifs is 1. The van der Waals surface area contributed by atoms with Crippen molar-refractivity contribution in [2.75, 3.05) is 6.61 Å². The summed E-state index contributed by atoms with van der Waals surface area (Å²) in [5.74, 6) is 0.472. The Labute approximate surface area is 197 Å². The SMILES string of the molecule is CC1(c2nnc(COc3cnc4ccoc4c3)o2)C=C(NC(=O)COc2ccc(Cl)c(F)c2)C1. The van der Waals surface area contributed by atoms with Gasteiger partial charge in [-0.15, -0.1) is 10.2 Å². The number of benzene rings is 1. The highest BCUT2D eigenvalue weighted by molar-refractivity contribution is 6.30. The first kappa shape index (κ1) is 21.9. The molecule has 0 radical (unpaired) electrons. The molecule has 0 fully saturated rings. The van der Waals surface area contributed by atoms with Crippen molar-refractivity contribution in [3.8, 4) is 11.5 Å². The number of ether oxygens (including phenoxy) is 2. The molecule has 11 heteroatoms. The Kier molecular flexibility index (Phi) is 5.66. The molecule has 1 N–H and O–H groups in total. The van der Waals surface area contributed by atoms with Crippen LogP contribution in [0.2, 0.25) is 5.02 Å². The second-order valence-electron chi connectivity index (χ2n) is 7.94. The van der Waals surface area contributed by atoms with Crippen LogP contribution in [0.1, 0.15) is 25.1 Å². The van der Waals surface area contributed by atoms with Crippen LogP contribution in [0.25, 0.3) is 11.1 Å². The molecule has 3 aromatic heterocycles. The maximum absolute atomic E-state index is 13.4. The van der Waals surface area contributed by atoms with Gasteiger partial charge in [0.15, 0.2) is 18.8 Å². The van der Waals surface area contributed by atoms with Crippen molar-refractivity contribution in [3.63, 3.8) is 0 Å². The van der Waals surface area contributed by atoms with Gasteiger partial charge in [0.2, 0.25) is 5.89 Å². The number of carbonyl (C=O) groups excluding carboxylic acids is 1. The van der Waals surface area contributed by atoms with Crippen LogP contribution in [-0.2, 0) is 16.8 Å². The number of furan rings is 1. The Hall–Kier alpha value is -3.92. The highest BCUT2D eigenvalue weighted by Gasteiger charge is 2.39. The van der Waals surface area contributed by atoms with E-state index in [1.807, 2.05) is 13.0 Å². The lowest BCUT2D eigenvalue weighted by Crippen LogP contribution is -2.39. The van der Waals surface area contributed by atoms with E-state index in [2.05, 4.69) is 20.5 Å². The van der Waals surface area contributed by atoms with Crippen LogP contribution in [0.3, 0.4) is 0 Å². The number of nitrogens with one attached hydrogen (secondary N) is 1. The molecular weight excluding hydrogens is 467 g/mol. The third-order valence-electron chi connectivity index (χ3n) is 5.21. The van der Waals surface area contributed by atoms with Gasteiger partial charge in [0.25, 0.3) is 11.8 Å². The summed E-state index contributed by atoms with van der Waals surface area (Å²) in [6, 6.07) is 7.47. The number of aromatic nitrogens is 3. The summed E-state index contributed by atoms with van der Waals surface area (Å²) >= 11 is 5.63. The molecule has 5 rings (SSSR count). The normalized spacial score (nSPS) is 17.2. The molecule has 0 aliphatic heterocycles. The molecule has 1 aromatic carbocycles. The van der Waals surface area contributed by atoms with Gasteiger partial charge < -0.3 is 23.6 Å². The van der Waals surface area contributed by atoms with E-state index in [1.54, 1.807) is 24.6 Å². The smallest absolute Gasteiger partial charge is 0.262 e. The van der Waals surface area contributed by atoms with Gasteiger partial charge in [-0.2, -0.15) is 0 Å². The number of hydrogen-bond donors (Lipinski definition) is 1. The molecule has 9 nitrogen and oxygen atoms in total. The van der Waals surface area contributed by atoms with Crippen LogP contribution in [0.5, 0.6) is 11.5 Å². The van der Waals surface area contributed by atoms with Crippen LogP contribution in [0, 0.1) is 5.82 Å². The fourth-order valence-corrected chi connectivity index (χ4v) is 3.61. The minimum atomic E-state index is -0.614. The number of carbonyl (C=O) groups is 1. The summed E-state index contributed by atoms with van der Waals surface area (Å²) in [6.07, 6.45) is 5.48. The number of amides is 1. The number of allylic oxidation sites excluding steroid dienone is 2. The van der Waals surface area contributed by atoms with E-state index in [0.717, 1.165) is 11.6 Å². The quantitative estimate of drug-likeness (QED) is 0.393. The molecule has 0 saturated heterocycles.